The molecule has 1 saturated heterocycles. The van der Waals surface area contributed by atoms with Gasteiger partial charge < -0.3 is 0 Å². The van der Waals surface area contributed by atoms with E-state index in [0.29, 0.717) is 5.69 Å². The molecule has 1 aliphatic heterocycles. The van der Waals surface area contributed by atoms with E-state index in [1.807, 2.05) is 32.8 Å². The molecule has 2 rings (SSSR count). The van der Waals surface area contributed by atoms with Crippen molar-refractivity contribution in [2.24, 2.45) is 5.41 Å². The van der Waals surface area contributed by atoms with Gasteiger partial charge in [0.25, 0.3) is 0 Å². The number of benzene rings is 1. The Morgan fingerprint density at radius 3 is 2.05 bits per heavy atom. The van der Waals surface area contributed by atoms with Crippen LogP contribution in [0.25, 0.3) is 0 Å². The first-order valence-corrected chi connectivity index (χ1v) is 6.24. The molecule has 0 bridgehead atoms. The van der Waals surface area contributed by atoms with Gasteiger partial charge in [-0.05, 0) is 52.2 Å². The summed E-state index contributed by atoms with van der Waals surface area (Å²) in [7, 11) is 3.69. The number of anilines is 1. The topological polar surface area (TPSA) is 23.6 Å². The minimum atomic E-state index is -4.36. The molecule has 0 aromatic heterocycles. The van der Waals surface area contributed by atoms with Gasteiger partial charge in [0.15, 0.2) is 0 Å². The molecule has 1 aliphatic rings. The highest BCUT2D eigenvalue weighted by molar-refractivity contribution is 6.05. The zero-order valence-electron chi connectivity index (χ0n) is 11.8. The van der Waals surface area contributed by atoms with Gasteiger partial charge in [-0.3, -0.25) is 14.6 Å². The summed E-state index contributed by atoms with van der Waals surface area (Å²) < 4.78 is 37.6. The van der Waals surface area contributed by atoms with Gasteiger partial charge in [0.05, 0.1) is 11.0 Å². The summed E-state index contributed by atoms with van der Waals surface area (Å²) in [5.74, 6) is -0.0871. The Hall–Kier alpha value is -1.56. The zero-order valence-corrected chi connectivity index (χ0v) is 11.8. The molecule has 1 atom stereocenters. The highest BCUT2D eigenvalue weighted by Gasteiger charge is 2.55. The fourth-order valence-corrected chi connectivity index (χ4v) is 2.73. The first-order chi connectivity index (χ1) is 9.06. The van der Waals surface area contributed by atoms with E-state index in [9.17, 15) is 18.0 Å². The van der Waals surface area contributed by atoms with Crippen molar-refractivity contribution in [3.8, 4) is 0 Å². The molecule has 1 aromatic rings. The molecular formula is C14H17F3N2O. The maximum atomic E-state index is 12.5. The number of β-lactam (4-membered cyclic amide) rings is 1. The molecule has 1 amide bonds. The van der Waals surface area contributed by atoms with Gasteiger partial charge in [-0.25, -0.2) is 0 Å². The second-order valence-electron chi connectivity index (χ2n) is 5.78. The Morgan fingerprint density at radius 1 is 1.15 bits per heavy atom. The zero-order chi connectivity index (χ0) is 15.3. The van der Waals surface area contributed by atoms with Crippen LogP contribution in [0.4, 0.5) is 18.9 Å². The molecule has 1 aromatic carbocycles. The number of amides is 1. The second kappa shape index (κ2) is 4.48. The fourth-order valence-electron chi connectivity index (χ4n) is 2.73. The van der Waals surface area contributed by atoms with E-state index >= 15 is 0 Å². The molecule has 0 radical (unpaired) electrons. The number of hydrogen-bond acceptors (Lipinski definition) is 2. The third-order valence-corrected chi connectivity index (χ3v) is 3.62. The lowest BCUT2D eigenvalue weighted by atomic mass is 9.77. The largest absolute Gasteiger partial charge is 0.416 e. The molecule has 6 heteroatoms. The van der Waals surface area contributed by atoms with Crippen LogP contribution in [0.3, 0.4) is 0 Å². The lowest BCUT2D eigenvalue weighted by Crippen LogP contribution is -2.71. The maximum absolute atomic E-state index is 12.5. The molecular weight excluding hydrogens is 269 g/mol. The second-order valence-corrected chi connectivity index (χ2v) is 5.78. The van der Waals surface area contributed by atoms with Gasteiger partial charge in [-0.2, -0.15) is 13.2 Å². The van der Waals surface area contributed by atoms with E-state index in [1.165, 1.54) is 17.0 Å². The van der Waals surface area contributed by atoms with E-state index in [2.05, 4.69) is 0 Å². The summed E-state index contributed by atoms with van der Waals surface area (Å²) in [4.78, 5) is 15.6. The van der Waals surface area contributed by atoms with Crippen LogP contribution in [0.1, 0.15) is 19.4 Å². The number of carbonyl (C=O) groups is 1. The van der Waals surface area contributed by atoms with Crippen LogP contribution in [0.2, 0.25) is 0 Å². The Bertz CT molecular complexity index is 520. The summed E-state index contributed by atoms with van der Waals surface area (Å²) in [5, 5.41) is 0. The fraction of sp³-hybridized carbons (Fsp3) is 0.500. The molecule has 0 spiro atoms. The van der Waals surface area contributed by atoms with Crippen molar-refractivity contribution in [1.82, 2.24) is 4.90 Å². The quantitative estimate of drug-likeness (QED) is 0.780. The molecule has 20 heavy (non-hydrogen) atoms. The van der Waals surface area contributed by atoms with Gasteiger partial charge in [0, 0.05) is 5.69 Å². The number of hydrogen-bond donors (Lipinski definition) is 0. The summed E-state index contributed by atoms with van der Waals surface area (Å²) in [6, 6.07) is 4.68. The van der Waals surface area contributed by atoms with E-state index in [1.54, 1.807) is 0 Å². The Labute approximate surface area is 116 Å². The van der Waals surface area contributed by atoms with E-state index in [0.717, 1.165) is 12.1 Å². The third-order valence-electron chi connectivity index (χ3n) is 3.62. The predicted molar refractivity (Wildman–Crippen MR) is 70.2 cm³/mol. The van der Waals surface area contributed by atoms with Gasteiger partial charge in [-0.15, -0.1) is 0 Å². The number of carbonyl (C=O) groups excluding carboxylic acids is 1. The van der Waals surface area contributed by atoms with Crippen LogP contribution in [-0.4, -0.2) is 31.1 Å². The Balaban J connectivity index is 2.31. The van der Waals surface area contributed by atoms with Crippen molar-refractivity contribution in [3.05, 3.63) is 29.8 Å². The smallest absolute Gasteiger partial charge is 0.295 e. The predicted octanol–water partition coefficient (Wildman–Crippen LogP) is 2.97. The molecule has 1 heterocycles. The van der Waals surface area contributed by atoms with E-state index in [-0.39, 0.29) is 12.1 Å². The monoisotopic (exact) mass is 286 g/mol. The van der Waals surface area contributed by atoms with Crippen molar-refractivity contribution in [2.75, 3.05) is 19.0 Å². The average molecular weight is 286 g/mol. The molecule has 0 aliphatic carbocycles. The van der Waals surface area contributed by atoms with Crippen molar-refractivity contribution in [3.63, 3.8) is 0 Å². The van der Waals surface area contributed by atoms with Gasteiger partial charge in [0.1, 0.15) is 6.17 Å². The number of nitrogens with zero attached hydrogens (tertiary/aromatic N) is 2. The molecule has 1 fully saturated rings. The van der Waals surface area contributed by atoms with Gasteiger partial charge in [-0.1, -0.05) is 0 Å². The minimum Gasteiger partial charge on any atom is -0.295 e. The highest BCUT2D eigenvalue weighted by atomic mass is 19.4. The number of halogens is 3. The van der Waals surface area contributed by atoms with E-state index in [4.69, 9.17) is 0 Å². The minimum absolute atomic E-state index is 0.0871. The van der Waals surface area contributed by atoms with Crippen molar-refractivity contribution in [1.29, 1.82) is 0 Å². The molecule has 1 unspecified atom stereocenters. The summed E-state index contributed by atoms with van der Waals surface area (Å²) >= 11 is 0. The number of rotatable bonds is 2. The van der Waals surface area contributed by atoms with Crippen LogP contribution in [0.5, 0.6) is 0 Å². The van der Waals surface area contributed by atoms with Crippen molar-refractivity contribution in [2.45, 2.75) is 26.2 Å². The molecule has 110 valence electrons. The first-order valence-electron chi connectivity index (χ1n) is 6.24. The van der Waals surface area contributed by atoms with Crippen molar-refractivity contribution < 1.29 is 18.0 Å². The average Bonchev–Trinajstić information content (AvgIpc) is 2.33. The highest BCUT2D eigenvalue weighted by Crippen LogP contribution is 2.43. The number of alkyl halides is 3. The third kappa shape index (κ3) is 2.18. The first kappa shape index (κ1) is 14.8. The lowest BCUT2D eigenvalue weighted by Gasteiger charge is -2.55. The molecule has 3 nitrogen and oxygen atoms in total. The summed E-state index contributed by atoms with van der Waals surface area (Å²) in [6.07, 6.45) is -4.52. The summed E-state index contributed by atoms with van der Waals surface area (Å²) in [6.45, 7) is 3.67. The Morgan fingerprint density at radius 2 is 1.65 bits per heavy atom. The SMILES string of the molecule is CN(C)C1N(c2ccc(C(F)(F)F)cc2)C(=O)C1(C)C. The van der Waals surface area contributed by atoms with Crippen LogP contribution >= 0.6 is 0 Å². The van der Waals surface area contributed by atoms with Crippen molar-refractivity contribution >= 4 is 11.6 Å². The van der Waals surface area contributed by atoms with E-state index < -0.39 is 17.2 Å². The van der Waals surface area contributed by atoms with Crippen LogP contribution in [0, 0.1) is 5.41 Å². The summed E-state index contributed by atoms with van der Waals surface area (Å²) in [5.41, 5.74) is -0.762. The van der Waals surface area contributed by atoms with Crippen LogP contribution in [0.15, 0.2) is 24.3 Å². The molecule has 0 N–H and O–H groups in total. The Kier molecular flexibility index (Phi) is 3.32. The molecule has 0 saturated carbocycles. The van der Waals surface area contributed by atoms with Gasteiger partial charge >= 0.3 is 6.18 Å². The maximum Gasteiger partial charge on any atom is 0.416 e. The normalized spacial score (nSPS) is 22.1. The standard InChI is InChI=1S/C14H17F3N2O/c1-13(2)11(18(3)4)19(12(13)20)10-7-5-9(6-8-10)14(15,16)17/h5-8,11H,1-4H3. The van der Waals surface area contributed by atoms with Crippen LogP contribution in [-0.2, 0) is 11.0 Å². The van der Waals surface area contributed by atoms with Crippen LogP contribution < -0.4 is 4.90 Å². The van der Waals surface area contributed by atoms with Gasteiger partial charge in [0.2, 0.25) is 5.91 Å². The lowest BCUT2D eigenvalue weighted by molar-refractivity contribution is -0.142.